The maximum atomic E-state index is 14.6. The Hall–Kier alpha value is -3.37. The normalized spacial score (nSPS) is 14.1. The lowest BCUT2D eigenvalue weighted by atomic mass is 10.0. The largest absolute Gasteiger partial charge is 0.352 e. The summed E-state index contributed by atoms with van der Waals surface area (Å²) in [5, 5.41) is 3.83. The summed E-state index contributed by atoms with van der Waals surface area (Å²) in [4.78, 5) is 30.2. The Morgan fingerprint density at radius 2 is 1.41 bits per heavy atom. The van der Waals surface area contributed by atoms with E-state index in [1.165, 1.54) is 17.0 Å². The molecule has 11 heteroatoms. The number of hydrogen-bond acceptors (Lipinski definition) is 4. The van der Waals surface area contributed by atoms with Gasteiger partial charge in [0.15, 0.2) is 0 Å². The number of hydrogen-bond donors (Lipinski definition) is 1. The zero-order valence-corrected chi connectivity index (χ0v) is 28.9. The fourth-order valence-electron chi connectivity index (χ4n) is 5.63. The first-order chi connectivity index (χ1) is 22.1. The van der Waals surface area contributed by atoms with Gasteiger partial charge < -0.3 is 10.2 Å². The monoisotopic (exact) mass is 741 g/mol. The number of halogens is 3. The number of carbonyl (C=O) groups is 2. The summed E-state index contributed by atoms with van der Waals surface area (Å²) in [6, 6.07) is 28.1. The fourth-order valence-corrected chi connectivity index (χ4v) is 7.85. The van der Waals surface area contributed by atoms with Crippen LogP contribution in [0.3, 0.4) is 0 Å². The molecule has 1 saturated carbocycles. The summed E-state index contributed by atoms with van der Waals surface area (Å²) in [5.74, 6) is -0.894. The number of amides is 2. The van der Waals surface area contributed by atoms with Crippen LogP contribution in [0, 0.1) is 0 Å². The molecule has 0 heterocycles. The second kappa shape index (κ2) is 15.5. The lowest BCUT2D eigenvalue weighted by Crippen LogP contribution is -2.54. The molecule has 1 unspecified atom stereocenters. The Morgan fingerprint density at radius 3 is 2.02 bits per heavy atom. The van der Waals surface area contributed by atoms with Crippen molar-refractivity contribution in [3.8, 4) is 0 Å². The van der Waals surface area contributed by atoms with Gasteiger partial charge in [0.25, 0.3) is 10.0 Å². The highest BCUT2D eigenvalue weighted by atomic mass is 79.9. The number of benzene rings is 4. The van der Waals surface area contributed by atoms with E-state index < -0.39 is 28.5 Å². The Kier molecular flexibility index (Phi) is 11.4. The van der Waals surface area contributed by atoms with Gasteiger partial charge in [-0.05, 0) is 66.9 Å². The molecule has 5 rings (SSSR count). The summed E-state index contributed by atoms with van der Waals surface area (Å²) in [6.45, 7) is -0.671. The first-order valence-corrected chi connectivity index (χ1v) is 18.0. The van der Waals surface area contributed by atoms with Crippen molar-refractivity contribution in [1.82, 2.24) is 10.2 Å². The standard InChI is InChI=1S/C35H34BrCl2N3O4S/c36-26-18-20-28(21-19-26)41(46(44,45)29-14-5-2-6-15-29)24-34(42)40(23-30-31(37)16-9-17-32(30)38)33(22-25-10-3-1-4-11-25)35(43)39-27-12-7-8-13-27/h1-6,9-11,14-21,27,33H,7-8,12-13,22-24H2,(H,39,43). The molecule has 1 atom stereocenters. The molecule has 0 aromatic heterocycles. The van der Waals surface area contributed by atoms with E-state index in [9.17, 15) is 18.0 Å². The van der Waals surface area contributed by atoms with Crippen LogP contribution < -0.4 is 9.62 Å². The molecule has 1 aliphatic rings. The van der Waals surface area contributed by atoms with Gasteiger partial charge in [-0.3, -0.25) is 13.9 Å². The van der Waals surface area contributed by atoms with Crippen molar-refractivity contribution in [1.29, 1.82) is 0 Å². The van der Waals surface area contributed by atoms with E-state index in [2.05, 4.69) is 21.2 Å². The minimum Gasteiger partial charge on any atom is -0.352 e. The average molecular weight is 744 g/mol. The number of nitrogens with zero attached hydrogens (tertiary/aromatic N) is 2. The Morgan fingerprint density at radius 1 is 0.826 bits per heavy atom. The smallest absolute Gasteiger partial charge is 0.264 e. The van der Waals surface area contributed by atoms with Crippen LogP contribution in [-0.4, -0.2) is 43.8 Å². The molecule has 1 fully saturated rings. The predicted molar refractivity (Wildman–Crippen MR) is 186 cm³/mol. The molecule has 240 valence electrons. The third-order valence-electron chi connectivity index (χ3n) is 8.09. The van der Waals surface area contributed by atoms with Crippen LogP contribution in [0.1, 0.15) is 36.8 Å². The number of rotatable bonds is 12. The summed E-state index contributed by atoms with van der Waals surface area (Å²) in [5.41, 5.74) is 1.61. The van der Waals surface area contributed by atoms with E-state index in [-0.39, 0.29) is 29.8 Å². The molecular formula is C35H34BrCl2N3O4S. The molecule has 0 aliphatic heterocycles. The third kappa shape index (κ3) is 8.31. The number of nitrogens with one attached hydrogen (secondary N) is 1. The number of sulfonamides is 1. The van der Waals surface area contributed by atoms with Crippen LogP contribution in [0.25, 0.3) is 0 Å². The molecule has 4 aromatic carbocycles. The van der Waals surface area contributed by atoms with Gasteiger partial charge in [-0.1, -0.05) is 107 Å². The average Bonchev–Trinajstić information content (AvgIpc) is 3.57. The van der Waals surface area contributed by atoms with Gasteiger partial charge >= 0.3 is 0 Å². The van der Waals surface area contributed by atoms with Gasteiger partial charge in [-0.2, -0.15) is 0 Å². The van der Waals surface area contributed by atoms with Gasteiger partial charge in [0.05, 0.1) is 10.6 Å². The van der Waals surface area contributed by atoms with Crippen molar-refractivity contribution in [3.05, 3.63) is 129 Å². The molecule has 0 radical (unpaired) electrons. The van der Waals surface area contributed by atoms with Crippen molar-refractivity contribution in [2.75, 3.05) is 10.8 Å². The van der Waals surface area contributed by atoms with Crippen molar-refractivity contribution in [2.24, 2.45) is 0 Å². The van der Waals surface area contributed by atoms with Crippen molar-refractivity contribution < 1.29 is 18.0 Å². The van der Waals surface area contributed by atoms with E-state index in [1.807, 2.05) is 30.3 Å². The van der Waals surface area contributed by atoms with Crippen LogP contribution in [0.15, 0.2) is 112 Å². The summed E-state index contributed by atoms with van der Waals surface area (Å²) in [6.07, 6.45) is 3.97. The highest BCUT2D eigenvalue weighted by Crippen LogP contribution is 2.30. The summed E-state index contributed by atoms with van der Waals surface area (Å²) in [7, 11) is -4.19. The Bertz CT molecular complexity index is 1730. The maximum Gasteiger partial charge on any atom is 0.264 e. The first-order valence-electron chi connectivity index (χ1n) is 15.0. The highest BCUT2D eigenvalue weighted by molar-refractivity contribution is 9.10. The molecule has 0 spiro atoms. The van der Waals surface area contributed by atoms with E-state index in [1.54, 1.807) is 60.7 Å². The minimum absolute atomic E-state index is 0.00403. The van der Waals surface area contributed by atoms with Crippen molar-refractivity contribution in [3.63, 3.8) is 0 Å². The summed E-state index contributed by atoms with van der Waals surface area (Å²) < 4.78 is 30.0. The minimum atomic E-state index is -4.19. The van der Waals surface area contributed by atoms with Crippen LogP contribution in [0.4, 0.5) is 5.69 Å². The molecule has 46 heavy (non-hydrogen) atoms. The first kappa shape index (κ1) is 34.0. The topological polar surface area (TPSA) is 86.8 Å². The quantitative estimate of drug-likeness (QED) is 0.162. The molecule has 1 N–H and O–H groups in total. The van der Waals surface area contributed by atoms with Crippen LogP contribution in [-0.2, 0) is 32.6 Å². The molecule has 1 aliphatic carbocycles. The lowest BCUT2D eigenvalue weighted by Gasteiger charge is -2.34. The maximum absolute atomic E-state index is 14.6. The van der Waals surface area contributed by atoms with Crippen molar-refractivity contribution >= 4 is 66.7 Å². The fraction of sp³-hybridized carbons (Fsp3) is 0.257. The van der Waals surface area contributed by atoms with Gasteiger partial charge in [-0.25, -0.2) is 8.42 Å². The third-order valence-corrected chi connectivity index (χ3v) is 11.1. The Labute approximate surface area is 288 Å². The van der Waals surface area contributed by atoms with Gasteiger partial charge in [-0.15, -0.1) is 0 Å². The highest BCUT2D eigenvalue weighted by Gasteiger charge is 2.36. The van der Waals surface area contributed by atoms with E-state index >= 15 is 0 Å². The molecule has 7 nitrogen and oxygen atoms in total. The number of carbonyl (C=O) groups excluding carboxylic acids is 2. The second-order valence-corrected chi connectivity index (χ2v) is 14.8. The SMILES string of the molecule is O=C(NC1CCCC1)C(Cc1ccccc1)N(Cc1c(Cl)cccc1Cl)C(=O)CN(c1ccc(Br)cc1)S(=O)(=O)c1ccccc1. The van der Waals surface area contributed by atoms with Gasteiger partial charge in [0.1, 0.15) is 12.6 Å². The zero-order chi connectivity index (χ0) is 32.7. The van der Waals surface area contributed by atoms with Crippen LogP contribution in [0.5, 0.6) is 0 Å². The van der Waals surface area contributed by atoms with Crippen LogP contribution >= 0.6 is 39.1 Å². The molecule has 4 aromatic rings. The van der Waals surface area contributed by atoms with Crippen LogP contribution in [0.2, 0.25) is 10.0 Å². The van der Waals surface area contributed by atoms with E-state index in [4.69, 9.17) is 23.2 Å². The lowest BCUT2D eigenvalue weighted by molar-refractivity contribution is -0.140. The second-order valence-electron chi connectivity index (χ2n) is 11.2. The zero-order valence-electron chi connectivity index (χ0n) is 25.0. The predicted octanol–water partition coefficient (Wildman–Crippen LogP) is 7.65. The Balaban J connectivity index is 1.58. The van der Waals surface area contributed by atoms with E-state index in [0.717, 1.165) is 40.0 Å². The molecular weight excluding hydrogens is 709 g/mol. The van der Waals surface area contributed by atoms with Gasteiger partial charge in [0, 0.05) is 39.1 Å². The van der Waals surface area contributed by atoms with Gasteiger partial charge in [0.2, 0.25) is 11.8 Å². The molecule has 2 amide bonds. The molecule has 0 bridgehead atoms. The molecule has 0 saturated heterocycles. The summed E-state index contributed by atoms with van der Waals surface area (Å²) >= 11 is 16.6. The number of anilines is 1. The van der Waals surface area contributed by atoms with E-state index in [0.29, 0.717) is 21.3 Å². The van der Waals surface area contributed by atoms with Crippen molar-refractivity contribution in [2.45, 2.75) is 55.6 Å².